The van der Waals surface area contributed by atoms with Crippen LogP contribution in [0.15, 0.2) is 24.3 Å². The molecule has 0 heterocycles. The van der Waals surface area contributed by atoms with Gasteiger partial charge in [0.1, 0.15) is 5.82 Å². The fraction of sp³-hybridized carbons (Fsp3) is 0.533. The largest absolute Gasteiger partial charge is 0.344 e. The minimum Gasteiger partial charge on any atom is -0.344 e. The van der Waals surface area contributed by atoms with Crippen LogP contribution in [0.1, 0.15) is 18.4 Å². The molecule has 4 heteroatoms. The molecule has 1 saturated carbocycles. The van der Waals surface area contributed by atoms with Gasteiger partial charge < -0.3 is 10.2 Å². The molecule has 0 aromatic heterocycles. The molecule has 0 saturated heterocycles. The second-order valence-electron chi connectivity index (χ2n) is 5.27. The third-order valence-corrected chi connectivity index (χ3v) is 3.48. The number of nitrogens with one attached hydrogen (secondary N) is 1. The number of hydrogen-bond donors (Lipinski definition) is 1. The fourth-order valence-corrected chi connectivity index (χ4v) is 1.91. The minimum absolute atomic E-state index is 0.114. The van der Waals surface area contributed by atoms with Gasteiger partial charge in [0.15, 0.2) is 0 Å². The zero-order chi connectivity index (χ0) is 13.7. The molecule has 1 aromatic rings. The highest BCUT2D eigenvalue weighted by atomic mass is 19.1. The summed E-state index contributed by atoms with van der Waals surface area (Å²) in [7, 11) is 1.81. The van der Waals surface area contributed by atoms with Crippen molar-refractivity contribution in [2.75, 3.05) is 26.7 Å². The lowest BCUT2D eigenvalue weighted by Crippen LogP contribution is -2.37. The summed E-state index contributed by atoms with van der Waals surface area (Å²) in [6.07, 6.45) is 3.34. The van der Waals surface area contributed by atoms with E-state index >= 15 is 0 Å². The highest BCUT2D eigenvalue weighted by molar-refractivity contribution is 5.77. The molecular formula is C15H21FN2O. The van der Waals surface area contributed by atoms with Crippen molar-refractivity contribution in [2.24, 2.45) is 5.92 Å². The number of carbonyl (C=O) groups is 1. The molecule has 0 spiro atoms. The summed E-state index contributed by atoms with van der Waals surface area (Å²) in [5.74, 6) is 0.678. The smallest absolute Gasteiger partial charge is 0.236 e. The van der Waals surface area contributed by atoms with Gasteiger partial charge in [-0.25, -0.2) is 4.39 Å². The third kappa shape index (κ3) is 4.99. The third-order valence-electron chi connectivity index (χ3n) is 3.48. The molecule has 1 amide bonds. The van der Waals surface area contributed by atoms with Gasteiger partial charge >= 0.3 is 0 Å². The lowest BCUT2D eigenvalue weighted by molar-refractivity contribution is -0.128. The number of amides is 1. The van der Waals surface area contributed by atoms with Crippen molar-refractivity contribution in [1.82, 2.24) is 10.2 Å². The van der Waals surface area contributed by atoms with Crippen molar-refractivity contribution in [3.8, 4) is 0 Å². The monoisotopic (exact) mass is 264 g/mol. The molecule has 0 radical (unpaired) electrons. The zero-order valence-corrected chi connectivity index (χ0v) is 11.4. The van der Waals surface area contributed by atoms with E-state index in [0.717, 1.165) is 24.4 Å². The Morgan fingerprint density at radius 2 is 2.05 bits per heavy atom. The van der Waals surface area contributed by atoms with Gasteiger partial charge in [-0.1, -0.05) is 12.1 Å². The van der Waals surface area contributed by atoms with Crippen LogP contribution in [-0.4, -0.2) is 37.5 Å². The van der Waals surface area contributed by atoms with Crippen molar-refractivity contribution in [1.29, 1.82) is 0 Å². The van der Waals surface area contributed by atoms with Crippen molar-refractivity contribution in [2.45, 2.75) is 19.3 Å². The number of benzene rings is 1. The van der Waals surface area contributed by atoms with Crippen LogP contribution in [0.5, 0.6) is 0 Å². The molecule has 1 aliphatic carbocycles. The van der Waals surface area contributed by atoms with Gasteiger partial charge in [-0.15, -0.1) is 0 Å². The highest BCUT2D eigenvalue weighted by Crippen LogP contribution is 2.27. The van der Waals surface area contributed by atoms with Crippen LogP contribution in [0.25, 0.3) is 0 Å². The van der Waals surface area contributed by atoms with Crippen molar-refractivity contribution >= 4 is 5.91 Å². The first kappa shape index (κ1) is 14.0. The SMILES string of the molecule is CN(CCc1ccc(F)cc1)C(=O)CNCC1CC1. The maximum atomic E-state index is 12.8. The van der Waals surface area contributed by atoms with E-state index in [9.17, 15) is 9.18 Å². The highest BCUT2D eigenvalue weighted by Gasteiger charge is 2.20. The summed E-state index contributed by atoms with van der Waals surface area (Å²) in [4.78, 5) is 13.5. The summed E-state index contributed by atoms with van der Waals surface area (Å²) in [5.41, 5.74) is 1.05. The zero-order valence-electron chi connectivity index (χ0n) is 11.4. The average molecular weight is 264 g/mol. The Bertz CT molecular complexity index is 415. The van der Waals surface area contributed by atoms with Crippen molar-refractivity contribution < 1.29 is 9.18 Å². The molecule has 1 aromatic carbocycles. The van der Waals surface area contributed by atoms with E-state index in [2.05, 4.69) is 5.32 Å². The molecule has 104 valence electrons. The van der Waals surface area contributed by atoms with E-state index in [1.165, 1.54) is 25.0 Å². The Hall–Kier alpha value is -1.42. The van der Waals surface area contributed by atoms with Crippen LogP contribution in [0.4, 0.5) is 4.39 Å². The fourth-order valence-electron chi connectivity index (χ4n) is 1.91. The molecule has 0 atom stereocenters. The average Bonchev–Trinajstić information content (AvgIpc) is 3.21. The second kappa shape index (κ2) is 6.66. The van der Waals surface area contributed by atoms with Gasteiger partial charge in [-0.05, 0) is 49.4 Å². The Morgan fingerprint density at radius 3 is 2.68 bits per heavy atom. The lowest BCUT2D eigenvalue weighted by atomic mass is 10.1. The Morgan fingerprint density at radius 1 is 1.37 bits per heavy atom. The summed E-state index contributed by atoms with van der Waals surface area (Å²) < 4.78 is 12.8. The van der Waals surface area contributed by atoms with Crippen LogP contribution in [0.3, 0.4) is 0 Å². The first-order chi connectivity index (χ1) is 9.15. The number of carbonyl (C=O) groups excluding carboxylic acids is 1. The molecular weight excluding hydrogens is 243 g/mol. The summed E-state index contributed by atoms with van der Waals surface area (Å²) >= 11 is 0. The van der Waals surface area contributed by atoms with Gasteiger partial charge in [0.05, 0.1) is 6.54 Å². The Labute approximate surface area is 113 Å². The summed E-state index contributed by atoms with van der Waals surface area (Å²) in [5, 5.41) is 3.19. The Kier molecular flexibility index (Phi) is 4.91. The lowest BCUT2D eigenvalue weighted by Gasteiger charge is -2.17. The molecule has 0 bridgehead atoms. The quantitative estimate of drug-likeness (QED) is 0.815. The molecule has 0 unspecified atom stereocenters. The van der Waals surface area contributed by atoms with Crippen LogP contribution >= 0.6 is 0 Å². The topological polar surface area (TPSA) is 32.3 Å². The van der Waals surface area contributed by atoms with Gasteiger partial charge in [0, 0.05) is 13.6 Å². The number of rotatable bonds is 7. The number of halogens is 1. The predicted molar refractivity (Wildman–Crippen MR) is 73.3 cm³/mol. The standard InChI is InChI=1S/C15H21FN2O/c1-18(15(19)11-17-10-13-2-3-13)9-8-12-4-6-14(16)7-5-12/h4-7,13,17H,2-3,8-11H2,1H3. The normalized spacial score (nSPS) is 14.4. The second-order valence-corrected chi connectivity index (χ2v) is 5.27. The molecule has 1 aliphatic rings. The van der Waals surface area contributed by atoms with Crippen LogP contribution < -0.4 is 5.32 Å². The van der Waals surface area contributed by atoms with Crippen LogP contribution in [0.2, 0.25) is 0 Å². The predicted octanol–water partition coefficient (Wildman–Crippen LogP) is 1.83. The summed E-state index contributed by atoms with van der Waals surface area (Å²) in [6.45, 7) is 2.03. The maximum absolute atomic E-state index is 12.8. The Balaban J connectivity index is 1.65. The summed E-state index contributed by atoms with van der Waals surface area (Å²) in [6, 6.07) is 6.43. The number of nitrogens with zero attached hydrogens (tertiary/aromatic N) is 1. The van der Waals surface area contributed by atoms with Gasteiger partial charge in [-0.3, -0.25) is 4.79 Å². The molecule has 1 N–H and O–H groups in total. The first-order valence-electron chi connectivity index (χ1n) is 6.84. The molecule has 0 aliphatic heterocycles. The van der Waals surface area contributed by atoms with Gasteiger partial charge in [-0.2, -0.15) is 0 Å². The number of hydrogen-bond acceptors (Lipinski definition) is 2. The van der Waals surface area contributed by atoms with E-state index in [1.54, 1.807) is 17.0 Å². The van der Waals surface area contributed by atoms with Gasteiger partial charge in [0.25, 0.3) is 0 Å². The van der Waals surface area contributed by atoms with E-state index in [4.69, 9.17) is 0 Å². The first-order valence-corrected chi connectivity index (χ1v) is 6.84. The maximum Gasteiger partial charge on any atom is 0.236 e. The molecule has 3 nitrogen and oxygen atoms in total. The van der Waals surface area contributed by atoms with E-state index in [0.29, 0.717) is 13.1 Å². The molecule has 1 fully saturated rings. The van der Waals surface area contributed by atoms with Crippen molar-refractivity contribution in [3.63, 3.8) is 0 Å². The number of likely N-dealkylation sites (N-methyl/N-ethyl adjacent to an activating group) is 1. The molecule has 19 heavy (non-hydrogen) atoms. The molecule has 2 rings (SSSR count). The van der Waals surface area contributed by atoms with Crippen LogP contribution in [-0.2, 0) is 11.2 Å². The van der Waals surface area contributed by atoms with Crippen molar-refractivity contribution in [3.05, 3.63) is 35.6 Å². The van der Waals surface area contributed by atoms with Crippen LogP contribution in [0, 0.1) is 11.7 Å². The van der Waals surface area contributed by atoms with E-state index in [-0.39, 0.29) is 11.7 Å². The van der Waals surface area contributed by atoms with E-state index in [1.807, 2.05) is 7.05 Å². The van der Waals surface area contributed by atoms with Gasteiger partial charge in [0.2, 0.25) is 5.91 Å². The van der Waals surface area contributed by atoms with E-state index < -0.39 is 0 Å². The minimum atomic E-state index is -0.225.